The Morgan fingerprint density at radius 2 is 2.22 bits per heavy atom. The third kappa shape index (κ3) is 2.43. The molecule has 0 aromatic rings. The number of nitrogens with two attached hydrogens (primary N) is 2. The van der Waals surface area contributed by atoms with Crippen molar-refractivity contribution in [2.75, 3.05) is 0 Å². The molecule has 0 aliphatic heterocycles. The lowest BCUT2D eigenvalue weighted by molar-refractivity contribution is -0.126. The van der Waals surface area contributed by atoms with E-state index in [0.29, 0.717) is 6.42 Å². The van der Waals surface area contributed by atoms with Crippen molar-refractivity contribution in [3.63, 3.8) is 0 Å². The first-order valence-electron chi connectivity index (χ1n) is 2.82. The van der Waals surface area contributed by atoms with Gasteiger partial charge in [0.2, 0.25) is 5.91 Å². The lowest BCUT2D eigenvalue weighted by Crippen LogP contribution is -2.43. The maximum atomic E-state index is 10.2. The Bertz CT molecular complexity index is 105. The third-order valence-corrected chi connectivity index (χ3v) is 1.17. The molecule has 0 saturated heterocycles. The smallest absolute Gasteiger partial charge is 0.247 e. The van der Waals surface area contributed by atoms with Gasteiger partial charge < -0.3 is 16.6 Å². The number of hydrogen-bond acceptors (Lipinski definition) is 3. The van der Waals surface area contributed by atoms with Gasteiger partial charge in [-0.1, -0.05) is 6.92 Å². The number of primary amides is 1. The van der Waals surface area contributed by atoms with Crippen molar-refractivity contribution >= 4 is 5.91 Å². The summed E-state index contributed by atoms with van der Waals surface area (Å²) in [5, 5.41) is 8.80. The first-order chi connectivity index (χ1) is 4.09. The molecule has 0 fully saturated rings. The van der Waals surface area contributed by atoms with E-state index >= 15 is 0 Å². The Kier molecular flexibility index (Phi) is 3.19. The Morgan fingerprint density at radius 3 is 2.33 bits per heavy atom. The molecule has 4 heteroatoms. The first kappa shape index (κ1) is 8.39. The molecule has 2 unspecified atom stereocenters. The van der Waals surface area contributed by atoms with Crippen LogP contribution in [0.15, 0.2) is 0 Å². The van der Waals surface area contributed by atoms with Gasteiger partial charge in [0.15, 0.2) is 0 Å². The topological polar surface area (TPSA) is 89.3 Å². The monoisotopic (exact) mass is 132 g/mol. The van der Waals surface area contributed by atoms with Crippen molar-refractivity contribution in [2.45, 2.75) is 25.5 Å². The number of aliphatic hydroxyl groups is 1. The fourth-order valence-electron chi connectivity index (χ4n) is 0.434. The number of carbonyl (C=O) groups is 1. The summed E-state index contributed by atoms with van der Waals surface area (Å²) in [6.07, 6.45) is -0.653. The fraction of sp³-hybridized carbons (Fsp3) is 0.800. The quantitative estimate of drug-likeness (QED) is 0.439. The van der Waals surface area contributed by atoms with Gasteiger partial charge in [-0.25, -0.2) is 0 Å². The molecule has 0 aliphatic carbocycles. The van der Waals surface area contributed by atoms with Crippen LogP contribution in [-0.4, -0.2) is 23.2 Å². The second-order valence-electron chi connectivity index (χ2n) is 1.92. The zero-order chi connectivity index (χ0) is 7.44. The fourth-order valence-corrected chi connectivity index (χ4v) is 0.434. The summed E-state index contributed by atoms with van der Waals surface area (Å²) >= 11 is 0. The van der Waals surface area contributed by atoms with Crippen LogP contribution in [0.25, 0.3) is 0 Å². The molecule has 0 bridgehead atoms. The molecule has 0 aromatic heterocycles. The van der Waals surface area contributed by atoms with Crippen LogP contribution < -0.4 is 11.5 Å². The molecule has 4 nitrogen and oxygen atoms in total. The van der Waals surface area contributed by atoms with Crippen molar-refractivity contribution in [3.8, 4) is 0 Å². The highest BCUT2D eigenvalue weighted by atomic mass is 16.3. The number of carbonyl (C=O) groups excluding carboxylic acids is 1. The Balaban J connectivity index is 3.72. The maximum Gasteiger partial charge on any atom is 0.247 e. The molecule has 0 spiro atoms. The summed E-state index contributed by atoms with van der Waals surface area (Å²) in [5.41, 5.74) is 10.0. The van der Waals surface area contributed by atoms with Gasteiger partial charge >= 0.3 is 0 Å². The zero-order valence-electron chi connectivity index (χ0n) is 5.37. The first-order valence-corrected chi connectivity index (χ1v) is 2.82. The van der Waals surface area contributed by atoms with E-state index in [4.69, 9.17) is 16.6 Å². The van der Waals surface area contributed by atoms with Crippen LogP contribution in [0.3, 0.4) is 0 Å². The predicted molar refractivity (Wildman–Crippen MR) is 33.5 cm³/mol. The zero-order valence-corrected chi connectivity index (χ0v) is 5.37. The third-order valence-electron chi connectivity index (χ3n) is 1.17. The maximum absolute atomic E-state index is 10.2. The SMILES string of the molecule is CCC(N)C(O)C(N)=O. The van der Waals surface area contributed by atoms with Crippen LogP contribution in [0.1, 0.15) is 13.3 Å². The standard InChI is InChI=1S/C5H12N2O2/c1-2-3(6)4(8)5(7)9/h3-4,8H,2,6H2,1H3,(H2,7,9). The number of amides is 1. The van der Waals surface area contributed by atoms with Crippen molar-refractivity contribution in [1.29, 1.82) is 0 Å². The van der Waals surface area contributed by atoms with E-state index in [1.165, 1.54) is 0 Å². The van der Waals surface area contributed by atoms with E-state index in [1.54, 1.807) is 6.92 Å². The summed E-state index contributed by atoms with van der Waals surface area (Å²) in [5.74, 6) is -0.760. The molecule has 0 heterocycles. The molecule has 0 radical (unpaired) electrons. The number of aliphatic hydroxyl groups excluding tert-OH is 1. The second kappa shape index (κ2) is 3.42. The highest BCUT2D eigenvalue weighted by Gasteiger charge is 2.17. The number of rotatable bonds is 3. The molecule has 1 amide bonds. The summed E-state index contributed by atoms with van der Waals surface area (Å²) < 4.78 is 0. The lowest BCUT2D eigenvalue weighted by Gasteiger charge is -2.12. The van der Waals surface area contributed by atoms with Crippen molar-refractivity contribution in [3.05, 3.63) is 0 Å². The van der Waals surface area contributed by atoms with Gasteiger partial charge in [-0.15, -0.1) is 0 Å². The average molecular weight is 132 g/mol. The molecule has 0 saturated carbocycles. The molecular weight excluding hydrogens is 120 g/mol. The van der Waals surface area contributed by atoms with Gasteiger partial charge in [0.1, 0.15) is 6.10 Å². The lowest BCUT2D eigenvalue weighted by atomic mass is 10.1. The van der Waals surface area contributed by atoms with Crippen LogP contribution in [-0.2, 0) is 4.79 Å². The van der Waals surface area contributed by atoms with Crippen LogP contribution in [0, 0.1) is 0 Å². The van der Waals surface area contributed by atoms with Crippen LogP contribution >= 0.6 is 0 Å². The van der Waals surface area contributed by atoms with Gasteiger partial charge in [-0.05, 0) is 6.42 Å². The van der Waals surface area contributed by atoms with Gasteiger partial charge in [0.05, 0.1) is 0 Å². The summed E-state index contributed by atoms with van der Waals surface area (Å²) in [6.45, 7) is 1.77. The average Bonchev–Trinajstić information content (AvgIpc) is 1.84. The van der Waals surface area contributed by atoms with Gasteiger partial charge in [0.25, 0.3) is 0 Å². The van der Waals surface area contributed by atoms with Crippen molar-refractivity contribution < 1.29 is 9.90 Å². The molecule has 0 rings (SSSR count). The molecule has 9 heavy (non-hydrogen) atoms. The minimum absolute atomic E-state index is 0.525. The van der Waals surface area contributed by atoms with Crippen LogP contribution in [0.2, 0.25) is 0 Å². The molecule has 54 valence electrons. The second-order valence-corrected chi connectivity index (χ2v) is 1.92. The van der Waals surface area contributed by atoms with E-state index in [0.717, 1.165) is 0 Å². The predicted octanol–water partition coefficient (Wildman–Crippen LogP) is -1.43. The Morgan fingerprint density at radius 1 is 1.78 bits per heavy atom. The Hall–Kier alpha value is -0.610. The van der Waals surface area contributed by atoms with Crippen molar-refractivity contribution in [2.24, 2.45) is 11.5 Å². The van der Waals surface area contributed by atoms with E-state index in [9.17, 15) is 4.79 Å². The highest BCUT2D eigenvalue weighted by molar-refractivity contribution is 5.79. The molecular formula is C5H12N2O2. The summed E-state index contributed by atoms with van der Waals surface area (Å²) in [7, 11) is 0. The molecule has 5 N–H and O–H groups in total. The molecule has 0 aromatic carbocycles. The van der Waals surface area contributed by atoms with Gasteiger partial charge in [-0.3, -0.25) is 4.79 Å². The van der Waals surface area contributed by atoms with Crippen LogP contribution in [0.4, 0.5) is 0 Å². The van der Waals surface area contributed by atoms with E-state index in [-0.39, 0.29) is 0 Å². The summed E-state index contributed by atoms with van der Waals surface area (Å²) in [6, 6.07) is -0.525. The van der Waals surface area contributed by atoms with Gasteiger partial charge in [-0.2, -0.15) is 0 Å². The van der Waals surface area contributed by atoms with E-state index in [2.05, 4.69) is 0 Å². The van der Waals surface area contributed by atoms with Crippen molar-refractivity contribution in [1.82, 2.24) is 0 Å². The Labute approximate surface area is 53.8 Å². The largest absolute Gasteiger partial charge is 0.382 e. The number of hydrogen-bond donors (Lipinski definition) is 3. The normalized spacial score (nSPS) is 16.8. The molecule has 2 atom stereocenters. The minimum atomic E-state index is -1.20. The summed E-state index contributed by atoms with van der Waals surface area (Å²) in [4.78, 5) is 10.2. The van der Waals surface area contributed by atoms with Crippen LogP contribution in [0.5, 0.6) is 0 Å². The molecule has 0 aliphatic rings. The van der Waals surface area contributed by atoms with E-state index in [1.807, 2.05) is 0 Å². The minimum Gasteiger partial charge on any atom is -0.382 e. The van der Waals surface area contributed by atoms with Gasteiger partial charge in [0, 0.05) is 6.04 Å². The highest BCUT2D eigenvalue weighted by Crippen LogP contribution is 1.92. The van der Waals surface area contributed by atoms with E-state index < -0.39 is 18.1 Å².